The molecule has 0 unspecified atom stereocenters. The average Bonchev–Trinajstić information content (AvgIpc) is 2.64. The zero-order chi connectivity index (χ0) is 20.0. The number of phenols is 1. The van der Waals surface area contributed by atoms with Crippen LogP contribution in [0.5, 0.6) is 17.2 Å². The highest BCUT2D eigenvalue weighted by Crippen LogP contribution is 2.39. The Hall–Kier alpha value is -2.44. The number of ether oxygens (including phenoxy) is 2. The van der Waals surface area contributed by atoms with Gasteiger partial charge < -0.3 is 14.6 Å². The largest absolute Gasteiger partial charge is 0.504 e. The third-order valence-corrected chi connectivity index (χ3v) is 4.59. The number of halogens is 2. The van der Waals surface area contributed by atoms with Crippen molar-refractivity contribution in [3.63, 3.8) is 0 Å². The fourth-order valence-corrected chi connectivity index (χ4v) is 2.61. The summed E-state index contributed by atoms with van der Waals surface area (Å²) in [5, 5.41) is 14.3. The minimum absolute atomic E-state index is 0.0993. The van der Waals surface area contributed by atoms with Crippen LogP contribution in [0.2, 0.25) is 10.0 Å². The van der Waals surface area contributed by atoms with Crippen LogP contribution in [0.15, 0.2) is 29.4 Å². The summed E-state index contributed by atoms with van der Waals surface area (Å²) in [7, 11) is 0. The lowest BCUT2D eigenvalue weighted by Gasteiger charge is -2.11. The van der Waals surface area contributed by atoms with Crippen LogP contribution >= 0.6 is 23.2 Å². The van der Waals surface area contributed by atoms with E-state index in [0.717, 1.165) is 11.1 Å². The first kappa shape index (κ1) is 20.9. The van der Waals surface area contributed by atoms with Gasteiger partial charge in [0.15, 0.2) is 18.1 Å². The maximum absolute atomic E-state index is 11.9. The van der Waals surface area contributed by atoms with Crippen molar-refractivity contribution in [2.24, 2.45) is 5.10 Å². The average molecular weight is 411 g/mol. The molecule has 0 bridgehead atoms. The highest BCUT2D eigenvalue weighted by Gasteiger charge is 2.15. The van der Waals surface area contributed by atoms with E-state index < -0.39 is 5.91 Å². The van der Waals surface area contributed by atoms with Crippen molar-refractivity contribution in [3.8, 4) is 17.2 Å². The summed E-state index contributed by atoms with van der Waals surface area (Å²) < 4.78 is 10.8. The number of aryl methyl sites for hydroxylation is 1. The summed E-state index contributed by atoms with van der Waals surface area (Å²) in [6.07, 6.45) is 1.20. The number of nitrogens with one attached hydrogen (secondary N) is 1. The van der Waals surface area contributed by atoms with Crippen LogP contribution < -0.4 is 14.9 Å². The van der Waals surface area contributed by atoms with Gasteiger partial charge in [0, 0.05) is 6.07 Å². The lowest BCUT2D eigenvalue weighted by molar-refractivity contribution is -0.123. The predicted octanol–water partition coefficient (Wildman–Crippen LogP) is 4.24. The van der Waals surface area contributed by atoms with Gasteiger partial charge in [-0.05, 0) is 38.0 Å². The molecule has 0 aliphatic heterocycles. The second-order valence-corrected chi connectivity index (χ2v) is 6.43. The maximum atomic E-state index is 11.9. The fraction of sp³-hybridized carbons (Fsp3) is 0.263. The molecule has 0 aliphatic rings. The van der Waals surface area contributed by atoms with Crippen LogP contribution in [0.3, 0.4) is 0 Å². The van der Waals surface area contributed by atoms with E-state index in [0.29, 0.717) is 12.4 Å². The molecule has 0 saturated carbocycles. The summed E-state index contributed by atoms with van der Waals surface area (Å²) in [5.74, 6) is 0.134. The molecule has 0 spiro atoms. The zero-order valence-corrected chi connectivity index (χ0v) is 16.7. The monoisotopic (exact) mass is 410 g/mol. The third kappa shape index (κ3) is 5.28. The van der Waals surface area contributed by atoms with Crippen molar-refractivity contribution in [1.29, 1.82) is 0 Å². The molecule has 0 aromatic heterocycles. The number of hydrazone groups is 1. The molecule has 2 aromatic rings. The Morgan fingerprint density at radius 3 is 2.70 bits per heavy atom. The molecule has 0 saturated heterocycles. The Kier molecular flexibility index (Phi) is 7.33. The molecule has 1 amide bonds. The Morgan fingerprint density at radius 1 is 1.26 bits per heavy atom. The van der Waals surface area contributed by atoms with Gasteiger partial charge in [-0.2, -0.15) is 5.10 Å². The molecule has 144 valence electrons. The van der Waals surface area contributed by atoms with Crippen LogP contribution in [0, 0.1) is 13.8 Å². The summed E-state index contributed by atoms with van der Waals surface area (Å²) >= 11 is 12.1. The summed E-state index contributed by atoms with van der Waals surface area (Å²) in [4.78, 5) is 11.9. The number of phenolic OH excluding ortho intramolecular Hbond substituents is 1. The molecule has 2 N–H and O–H groups in total. The maximum Gasteiger partial charge on any atom is 0.277 e. The molecule has 8 heteroatoms. The molecule has 0 fully saturated rings. The van der Waals surface area contributed by atoms with Gasteiger partial charge in [-0.1, -0.05) is 35.3 Å². The van der Waals surface area contributed by atoms with E-state index in [1.54, 1.807) is 13.0 Å². The van der Waals surface area contributed by atoms with Crippen molar-refractivity contribution in [1.82, 2.24) is 5.43 Å². The van der Waals surface area contributed by atoms with Crippen LogP contribution in [-0.2, 0) is 4.79 Å². The number of carbonyl (C=O) groups is 1. The SMILES string of the molecule is CCOc1cc(Cl)c(Cl)c(C=NNC(=O)COc2cccc(C)c2C)c1O. The number of carbonyl (C=O) groups excluding carboxylic acids is 1. The van der Waals surface area contributed by atoms with Crippen molar-refractivity contribution in [2.45, 2.75) is 20.8 Å². The van der Waals surface area contributed by atoms with Gasteiger partial charge in [0.2, 0.25) is 0 Å². The van der Waals surface area contributed by atoms with E-state index in [-0.39, 0.29) is 33.7 Å². The first-order valence-electron chi connectivity index (χ1n) is 8.19. The quantitative estimate of drug-likeness (QED) is 0.528. The minimum Gasteiger partial charge on any atom is -0.504 e. The molecule has 2 rings (SSSR count). The first-order chi connectivity index (χ1) is 12.8. The Balaban J connectivity index is 2.02. The molecule has 0 heterocycles. The van der Waals surface area contributed by atoms with Gasteiger partial charge in [0.25, 0.3) is 5.91 Å². The van der Waals surface area contributed by atoms with E-state index in [1.165, 1.54) is 12.3 Å². The molecule has 0 aliphatic carbocycles. The topological polar surface area (TPSA) is 80.2 Å². The predicted molar refractivity (Wildman–Crippen MR) is 106 cm³/mol. The molecular weight excluding hydrogens is 391 g/mol. The highest BCUT2D eigenvalue weighted by molar-refractivity contribution is 6.43. The van der Waals surface area contributed by atoms with E-state index in [1.807, 2.05) is 26.0 Å². The van der Waals surface area contributed by atoms with Crippen molar-refractivity contribution in [2.75, 3.05) is 13.2 Å². The minimum atomic E-state index is -0.463. The van der Waals surface area contributed by atoms with E-state index in [4.69, 9.17) is 32.7 Å². The van der Waals surface area contributed by atoms with Gasteiger partial charge in [-0.3, -0.25) is 4.79 Å². The first-order valence-corrected chi connectivity index (χ1v) is 8.95. The Bertz CT molecular complexity index is 869. The number of amides is 1. The smallest absolute Gasteiger partial charge is 0.277 e. The third-order valence-electron chi connectivity index (χ3n) is 3.79. The molecular formula is C19H20Cl2N2O4. The number of rotatable bonds is 7. The van der Waals surface area contributed by atoms with Crippen LogP contribution in [0.4, 0.5) is 0 Å². The molecule has 27 heavy (non-hydrogen) atoms. The second-order valence-electron chi connectivity index (χ2n) is 5.65. The highest BCUT2D eigenvalue weighted by atomic mass is 35.5. The van der Waals surface area contributed by atoms with Crippen LogP contribution in [-0.4, -0.2) is 30.4 Å². The number of nitrogens with zero attached hydrogens (tertiary/aromatic N) is 1. The standard InChI is InChI=1S/C19H20Cl2N2O4/c1-4-26-16-8-14(20)18(21)13(19(16)25)9-22-23-17(24)10-27-15-7-5-6-11(2)12(15)3/h5-9,25H,4,10H2,1-3H3,(H,23,24). The molecule has 0 radical (unpaired) electrons. The summed E-state index contributed by atoms with van der Waals surface area (Å²) in [5.41, 5.74) is 4.49. The Morgan fingerprint density at radius 2 is 2.00 bits per heavy atom. The van der Waals surface area contributed by atoms with Gasteiger partial charge in [0.1, 0.15) is 5.75 Å². The van der Waals surface area contributed by atoms with E-state index in [9.17, 15) is 9.90 Å². The fourth-order valence-electron chi connectivity index (χ4n) is 2.22. The second kappa shape index (κ2) is 9.48. The lowest BCUT2D eigenvalue weighted by atomic mass is 10.1. The van der Waals surface area contributed by atoms with Gasteiger partial charge in [-0.25, -0.2) is 5.43 Å². The van der Waals surface area contributed by atoms with Gasteiger partial charge >= 0.3 is 0 Å². The van der Waals surface area contributed by atoms with Crippen molar-refractivity contribution < 1.29 is 19.4 Å². The normalized spacial score (nSPS) is 10.9. The zero-order valence-electron chi connectivity index (χ0n) is 15.2. The van der Waals surface area contributed by atoms with Crippen molar-refractivity contribution >= 4 is 35.3 Å². The van der Waals surface area contributed by atoms with Crippen molar-refractivity contribution in [3.05, 3.63) is 51.0 Å². The van der Waals surface area contributed by atoms with Crippen LogP contribution in [0.1, 0.15) is 23.6 Å². The molecule has 2 aromatic carbocycles. The number of benzene rings is 2. The number of aromatic hydroxyl groups is 1. The van der Waals surface area contributed by atoms with Gasteiger partial charge in [-0.15, -0.1) is 0 Å². The van der Waals surface area contributed by atoms with E-state index in [2.05, 4.69) is 10.5 Å². The lowest BCUT2D eigenvalue weighted by Crippen LogP contribution is -2.24. The molecule has 0 atom stereocenters. The number of hydrogen-bond donors (Lipinski definition) is 2. The van der Waals surface area contributed by atoms with Gasteiger partial charge in [0.05, 0.1) is 28.4 Å². The number of hydrogen-bond acceptors (Lipinski definition) is 5. The molecule has 6 nitrogen and oxygen atoms in total. The summed E-state index contributed by atoms with van der Waals surface area (Å²) in [6, 6.07) is 7.02. The summed E-state index contributed by atoms with van der Waals surface area (Å²) in [6.45, 7) is 5.78. The van der Waals surface area contributed by atoms with Crippen LogP contribution in [0.25, 0.3) is 0 Å². The van der Waals surface area contributed by atoms with E-state index >= 15 is 0 Å². The Labute approximate surface area is 167 Å².